The summed E-state index contributed by atoms with van der Waals surface area (Å²) in [6, 6.07) is 11.0. The molecule has 0 spiro atoms. The Hall–Kier alpha value is -3.29. The van der Waals surface area contributed by atoms with Crippen molar-refractivity contribution in [1.29, 1.82) is 0 Å². The highest BCUT2D eigenvalue weighted by molar-refractivity contribution is 6.09. The van der Waals surface area contributed by atoms with E-state index in [9.17, 15) is 23.2 Å². The van der Waals surface area contributed by atoms with Gasteiger partial charge in [-0.25, -0.2) is 13.6 Å². The van der Waals surface area contributed by atoms with Crippen molar-refractivity contribution in [3.63, 3.8) is 0 Å². The van der Waals surface area contributed by atoms with Gasteiger partial charge in [0.15, 0.2) is 11.6 Å². The molecule has 6 nitrogen and oxygen atoms in total. The van der Waals surface area contributed by atoms with Gasteiger partial charge in [-0.1, -0.05) is 43.3 Å². The lowest BCUT2D eigenvalue weighted by Crippen LogP contribution is -2.45. The monoisotopic (exact) mass is 415 g/mol. The van der Waals surface area contributed by atoms with Crippen LogP contribution in [-0.4, -0.2) is 41.2 Å². The fourth-order valence-electron chi connectivity index (χ4n) is 3.59. The highest BCUT2D eigenvalue weighted by Gasteiger charge is 2.51. The fourth-order valence-corrected chi connectivity index (χ4v) is 3.59. The molecule has 0 aromatic heterocycles. The maximum absolute atomic E-state index is 13.5. The van der Waals surface area contributed by atoms with Gasteiger partial charge < -0.3 is 10.2 Å². The van der Waals surface area contributed by atoms with Crippen molar-refractivity contribution in [2.24, 2.45) is 0 Å². The number of carbonyl (C=O) groups excluding carboxylic acids is 3. The van der Waals surface area contributed by atoms with Gasteiger partial charge in [0.1, 0.15) is 12.1 Å². The Balaban J connectivity index is 1.78. The van der Waals surface area contributed by atoms with E-state index in [2.05, 4.69) is 5.32 Å². The van der Waals surface area contributed by atoms with Crippen molar-refractivity contribution < 1.29 is 23.2 Å². The molecular weight excluding hydrogens is 392 g/mol. The van der Waals surface area contributed by atoms with Gasteiger partial charge in [-0.05, 0) is 36.6 Å². The molecule has 1 aliphatic heterocycles. The zero-order valence-corrected chi connectivity index (χ0v) is 17.0. The minimum absolute atomic E-state index is 0.327. The number of urea groups is 1. The number of nitrogens with zero attached hydrogens (tertiary/aromatic N) is 2. The summed E-state index contributed by atoms with van der Waals surface area (Å²) in [5.74, 6) is -2.99. The van der Waals surface area contributed by atoms with E-state index in [1.54, 1.807) is 38.1 Å². The topological polar surface area (TPSA) is 69.7 Å². The number of amides is 4. The number of rotatable bonds is 6. The average Bonchev–Trinajstić information content (AvgIpc) is 3.00. The van der Waals surface area contributed by atoms with Crippen LogP contribution < -0.4 is 5.32 Å². The molecule has 2 aromatic carbocycles. The smallest absolute Gasteiger partial charge is 0.325 e. The second kappa shape index (κ2) is 8.22. The lowest BCUT2D eigenvalue weighted by Gasteiger charge is -2.28. The van der Waals surface area contributed by atoms with E-state index in [1.165, 1.54) is 18.0 Å². The number of nitrogens with one attached hydrogen (secondary N) is 1. The Bertz CT molecular complexity index is 983. The lowest BCUT2D eigenvalue weighted by molar-refractivity contribution is -0.139. The van der Waals surface area contributed by atoms with Crippen molar-refractivity contribution >= 4 is 17.8 Å². The average molecular weight is 415 g/mol. The predicted octanol–water partition coefficient (Wildman–Crippen LogP) is 3.34. The molecule has 1 heterocycles. The summed E-state index contributed by atoms with van der Waals surface area (Å²) in [5, 5.41) is 2.73. The Morgan fingerprint density at radius 1 is 1.13 bits per heavy atom. The molecule has 1 aliphatic rings. The van der Waals surface area contributed by atoms with E-state index < -0.39 is 47.6 Å². The molecule has 3 rings (SSSR count). The molecule has 30 heavy (non-hydrogen) atoms. The summed E-state index contributed by atoms with van der Waals surface area (Å²) < 4.78 is 26.7. The van der Waals surface area contributed by atoms with E-state index in [4.69, 9.17) is 0 Å². The molecule has 1 fully saturated rings. The van der Waals surface area contributed by atoms with Crippen molar-refractivity contribution in [2.75, 3.05) is 13.6 Å². The minimum Gasteiger partial charge on any atom is -0.337 e. The number of benzene rings is 2. The number of imide groups is 1. The molecule has 2 atom stereocenters. The Labute approximate surface area is 173 Å². The molecule has 4 amide bonds. The van der Waals surface area contributed by atoms with Crippen molar-refractivity contribution in [3.8, 4) is 0 Å². The highest BCUT2D eigenvalue weighted by atomic mass is 19.2. The van der Waals surface area contributed by atoms with Crippen LogP contribution in [0.1, 0.15) is 37.4 Å². The minimum atomic E-state index is -1.22. The van der Waals surface area contributed by atoms with Crippen molar-refractivity contribution in [1.82, 2.24) is 15.1 Å². The van der Waals surface area contributed by atoms with Crippen molar-refractivity contribution in [2.45, 2.75) is 31.8 Å². The SMILES string of the molecule is CCC1(c2ccccc2)NC(=O)N(CC(=O)N(C)C(C)c2ccc(F)c(F)c2)C1=O. The molecule has 0 bridgehead atoms. The number of likely N-dealkylation sites (N-methyl/N-ethyl adjacent to an activating group) is 1. The molecule has 2 unspecified atom stereocenters. The van der Waals surface area contributed by atoms with E-state index in [-0.39, 0.29) is 0 Å². The van der Waals surface area contributed by atoms with Crippen LogP contribution in [0.3, 0.4) is 0 Å². The second-order valence-electron chi connectivity index (χ2n) is 7.30. The summed E-state index contributed by atoms with van der Waals surface area (Å²) in [5.41, 5.74) is -0.179. The second-order valence-corrected chi connectivity index (χ2v) is 7.30. The zero-order chi connectivity index (χ0) is 22.1. The maximum Gasteiger partial charge on any atom is 0.325 e. The van der Waals surface area contributed by atoms with E-state index >= 15 is 0 Å². The Kier molecular flexibility index (Phi) is 5.87. The number of halogens is 2. The molecule has 0 saturated carbocycles. The fraction of sp³-hybridized carbons (Fsp3) is 0.318. The summed E-state index contributed by atoms with van der Waals surface area (Å²) in [6.45, 7) is 2.98. The molecule has 158 valence electrons. The molecule has 1 N–H and O–H groups in total. The van der Waals surface area contributed by atoms with Gasteiger partial charge in [0, 0.05) is 7.05 Å². The summed E-state index contributed by atoms with van der Waals surface area (Å²) in [6.07, 6.45) is 0.327. The maximum atomic E-state index is 13.5. The quantitative estimate of drug-likeness (QED) is 0.736. The third-order valence-corrected chi connectivity index (χ3v) is 5.67. The number of carbonyl (C=O) groups is 3. The standard InChI is InChI=1S/C22H23F2N3O3/c1-4-22(16-8-6-5-7-9-16)20(29)27(21(30)25-22)13-19(28)26(3)14(2)15-10-11-17(23)18(24)12-15/h5-12,14H,4,13H2,1-3H3,(H,25,30). The summed E-state index contributed by atoms with van der Waals surface area (Å²) in [4.78, 5) is 40.6. The first-order valence-corrected chi connectivity index (χ1v) is 9.61. The summed E-state index contributed by atoms with van der Waals surface area (Å²) >= 11 is 0. The van der Waals surface area contributed by atoms with Gasteiger partial charge in [-0.3, -0.25) is 14.5 Å². The molecule has 0 aliphatic carbocycles. The van der Waals surface area contributed by atoms with Crippen LogP contribution in [0, 0.1) is 11.6 Å². The van der Waals surface area contributed by atoms with Crippen LogP contribution in [0.4, 0.5) is 13.6 Å². The van der Waals surface area contributed by atoms with Crippen LogP contribution in [-0.2, 0) is 15.1 Å². The first-order chi connectivity index (χ1) is 14.2. The van der Waals surface area contributed by atoms with Crippen LogP contribution in [0.15, 0.2) is 48.5 Å². The molecule has 0 radical (unpaired) electrons. The van der Waals surface area contributed by atoms with E-state index in [0.29, 0.717) is 17.5 Å². The van der Waals surface area contributed by atoms with Gasteiger partial charge in [0.2, 0.25) is 5.91 Å². The number of hydrogen-bond donors (Lipinski definition) is 1. The van der Waals surface area contributed by atoms with E-state index in [0.717, 1.165) is 17.0 Å². The van der Waals surface area contributed by atoms with Gasteiger partial charge in [-0.15, -0.1) is 0 Å². The van der Waals surface area contributed by atoms with Crippen LogP contribution >= 0.6 is 0 Å². The van der Waals surface area contributed by atoms with Gasteiger partial charge in [0.05, 0.1) is 6.04 Å². The van der Waals surface area contributed by atoms with Crippen LogP contribution in [0.5, 0.6) is 0 Å². The normalized spacial score (nSPS) is 19.6. The molecule has 2 aromatic rings. The third-order valence-electron chi connectivity index (χ3n) is 5.67. The molecule has 8 heteroatoms. The lowest BCUT2D eigenvalue weighted by atomic mass is 9.87. The van der Waals surface area contributed by atoms with E-state index in [1.807, 2.05) is 6.07 Å². The van der Waals surface area contributed by atoms with Crippen LogP contribution in [0.2, 0.25) is 0 Å². The third kappa shape index (κ3) is 3.65. The summed E-state index contributed by atoms with van der Waals surface area (Å²) in [7, 11) is 1.48. The largest absolute Gasteiger partial charge is 0.337 e. The van der Waals surface area contributed by atoms with Crippen LogP contribution in [0.25, 0.3) is 0 Å². The Morgan fingerprint density at radius 2 is 1.80 bits per heavy atom. The highest BCUT2D eigenvalue weighted by Crippen LogP contribution is 2.32. The van der Waals surface area contributed by atoms with Crippen molar-refractivity contribution in [3.05, 3.63) is 71.3 Å². The Morgan fingerprint density at radius 3 is 2.40 bits per heavy atom. The van der Waals surface area contributed by atoms with Gasteiger partial charge in [-0.2, -0.15) is 0 Å². The number of hydrogen-bond acceptors (Lipinski definition) is 3. The first kappa shape index (κ1) is 21.4. The zero-order valence-electron chi connectivity index (χ0n) is 17.0. The molecular formula is C22H23F2N3O3. The predicted molar refractivity (Wildman–Crippen MR) is 106 cm³/mol. The van der Waals surface area contributed by atoms with Gasteiger partial charge in [0.25, 0.3) is 5.91 Å². The first-order valence-electron chi connectivity index (χ1n) is 9.61. The molecule has 1 saturated heterocycles. The van der Waals surface area contributed by atoms with Gasteiger partial charge >= 0.3 is 6.03 Å².